The molecular weight excluding hydrogens is 326 g/mol. The van der Waals surface area contributed by atoms with Crippen molar-refractivity contribution in [3.05, 3.63) is 28.2 Å². The largest absolute Gasteiger partial charge is 0.480 e. The first kappa shape index (κ1) is 15.1. The minimum absolute atomic E-state index is 0.0761. The number of hydrogen-bond acceptors (Lipinski definition) is 4. The lowest BCUT2D eigenvalue weighted by atomic mass is 10.2. The topological polar surface area (TPSA) is 104 Å². The summed E-state index contributed by atoms with van der Waals surface area (Å²) in [6.07, 6.45) is 0. The number of aliphatic hydroxyl groups excluding tert-OH is 1. The van der Waals surface area contributed by atoms with E-state index >= 15 is 0 Å². The first-order valence-corrected chi connectivity index (χ1v) is 7.17. The molecule has 1 unspecified atom stereocenters. The van der Waals surface area contributed by atoms with Crippen LogP contribution in [0, 0.1) is 6.92 Å². The zero-order valence-electron chi connectivity index (χ0n) is 9.42. The second-order valence-electron chi connectivity index (χ2n) is 3.63. The van der Waals surface area contributed by atoms with Crippen LogP contribution in [0.25, 0.3) is 0 Å². The Kier molecular flexibility index (Phi) is 4.85. The summed E-state index contributed by atoms with van der Waals surface area (Å²) in [4.78, 5) is 10.6. The molecule has 0 heterocycles. The molecule has 0 bridgehead atoms. The SMILES string of the molecule is Cc1ccc(S(=O)(=O)NC(CO)C(=O)O)c(Br)c1. The number of hydrogen-bond donors (Lipinski definition) is 3. The van der Waals surface area contributed by atoms with Gasteiger partial charge in [0.2, 0.25) is 10.0 Å². The Bertz CT molecular complexity index is 557. The Morgan fingerprint density at radius 2 is 2.11 bits per heavy atom. The van der Waals surface area contributed by atoms with Crippen molar-refractivity contribution < 1.29 is 23.4 Å². The number of rotatable bonds is 5. The Morgan fingerprint density at radius 3 is 2.56 bits per heavy atom. The monoisotopic (exact) mass is 337 g/mol. The first-order valence-electron chi connectivity index (χ1n) is 4.90. The van der Waals surface area contributed by atoms with E-state index in [2.05, 4.69) is 15.9 Å². The molecule has 100 valence electrons. The zero-order chi connectivity index (χ0) is 13.9. The van der Waals surface area contributed by atoms with Crippen molar-refractivity contribution >= 4 is 31.9 Å². The van der Waals surface area contributed by atoms with Gasteiger partial charge in [-0.25, -0.2) is 8.42 Å². The molecule has 8 heteroatoms. The highest BCUT2D eigenvalue weighted by Crippen LogP contribution is 2.23. The highest BCUT2D eigenvalue weighted by atomic mass is 79.9. The Morgan fingerprint density at radius 1 is 1.50 bits per heavy atom. The van der Waals surface area contributed by atoms with E-state index in [1.165, 1.54) is 6.07 Å². The fourth-order valence-electron chi connectivity index (χ4n) is 1.24. The van der Waals surface area contributed by atoms with E-state index < -0.39 is 28.6 Å². The van der Waals surface area contributed by atoms with Gasteiger partial charge in [0, 0.05) is 4.47 Å². The van der Waals surface area contributed by atoms with Crippen LogP contribution >= 0.6 is 15.9 Å². The van der Waals surface area contributed by atoms with Crippen LogP contribution in [0.2, 0.25) is 0 Å². The third-order valence-electron chi connectivity index (χ3n) is 2.15. The number of halogens is 1. The van der Waals surface area contributed by atoms with Crippen molar-refractivity contribution in [2.75, 3.05) is 6.61 Å². The summed E-state index contributed by atoms with van der Waals surface area (Å²) < 4.78 is 26.1. The van der Waals surface area contributed by atoms with E-state index in [9.17, 15) is 13.2 Å². The van der Waals surface area contributed by atoms with Gasteiger partial charge in [-0.1, -0.05) is 6.07 Å². The van der Waals surface area contributed by atoms with E-state index in [-0.39, 0.29) is 4.90 Å². The molecule has 0 spiro atoms. The number of carbonyl (C=O) groups is 1. The molecule has 1 aromatic carbocycles. The summed E-state index contributed by atoms with van der Waals surface area (Å²) in [6.45, 7) is 0.973. The Hall–Kier alpha value is -0.960. The number of benzene rings is 1. The van der Waals surface area contributed by atoms with Gasteiger partial charge in [-0.3, -0.25) is 4.79 Å². The van der Waals surface area contributed by atoms with Crippen molar-refractivity contribution in [2.24, 2.45) is 0 Å². The van der Waals surface area contributed by atoms with E-state index in [1.54, 1.807) is 19.1 Å². The van der Waals surface area contributed by atoms with Crippen molar-refractivity contribution in [3.8, 4) is 0 Å². The molecule has 0 fully saturated rings. The number of carboxylic acid groups (broad SMARTS) is 1. The molecule has 0 amide bonds. The van der Waals surface area contributed by atoms with Crippen LogP contribution < -0.4 is 4.72 Å². The predicted octanol–water partition coefficient (Wildman–Crippen LogP) is 0.481. The van der Waals surface area contributed by atoms with Crippen LogP contribution in [0.3, 0.4) is 0 Å². The molecule has 1 atom stereocenters. The van der Waals surface area contributed by atoms with Crippen LogP contribution in [0.5, 0.6) is 0 Å². The Balaban J connectivity index is 3.10. The van der Waals surface area contributed by atoms with E-state index in [0.717, 1.165) is 5.56 Å². The second-order valence-corrected chi connectivity index (χ2v) is 6.17. The lowest BCUT2D eigenvalue weighted by molar-refractivity contribution is -0.139. The minimum atomic E-state index is -4.00. The first-order chi connectivity index (χ1) is 8.27. The second kappa shape index (κ2) is 5.79. The van der Waals surface area contributed by atoms with Crippen LogP contribution in [0.1, 0.15) is 5.56 Å². The molecule has 0 aliphatic rings. The number of aliphatic carboxylic acids is 1. The van der Waals surface area contributed by atoms with Gasteiger partial charge in [0.1, 0.15) is 6.04 Å². The fraction of sp³-hybridized carbons (Fsp3) is 0.300. The predicted molar refractivity (Wildman–Crippen MR) is 67.7 cm³/mol. The molecule has 6 nitrogen and oxygen atoms in total. The fourth-order valence-corrected chi connectivity index (χ4v) is 3.61. The summed E-state index contributed by atoms with van der Waals surface area (Å²) in [5.41, 5.74) is 0.859. The average molecular weight is 338 g/mol. The van der Waals surface area contributed by atoms with Crippen LogP contribution in [-0.4, -0.2) is 37.2 Å². The third kappa shape index (κ3) is 3.52. The number of aliphatic hydroxyl groups is 1. The lowest BCUT2D eigenvalue weighted by Crippen LogP contribution is -2.43. The third-order valence-corrected chi connectivity index (χ3v) is 4.60. The standard InChI is InChI=1S/C10H12BrNO5S/c1-6-2-3-9(7(11)4-6)18(16,17)12-8(5-13)10(14)15/h2-4,8,12-13H,5H2,1H3,(H,14,15). The van der Waals surface area contributed by atoms with E-state index in [4.69, 9.17) is 10.2 Å². The molecule has 0 aliphatic heterocycles. The minimum Gasteiger partial charge on any atom is -0.480 e. The summed E-state index contributed by atoms with van der Waals surface area (Å²) >= 11 is 3.10. The van der Waals surface area contributed by atoms with Gasteiger partial charge in [0.25, 0.3) is 0 Å². The van der Waals surface area contributed by atoms with Crippen molar-refractivity contribution in [1.29, 1.82) is 0 Å². The van der Waals surface area contributed by atoms with Gasteiger partial charge < -0.3 is 10.2 Å². The molecular formula is C10H12BrNO5S. The van der Waals surface area contributed by atoms with Gasteiger partial charge in [-0.05, 0) is 40.5 Å². The molecule has 0 saturated carbocycles. The number of carboxylic acids is 1. The van der Waals surface area contributed by atoms with Gasteiger partial charge in [0.15, 0.2) is 0 Å². The van der Waals surface area contributed by atoms with Crippen LogP contribution in [0.4, 0.5) is 0 Å². The summed E-state index contributed by atoms with van der Waals surface area (Å²) in [5.74, 6) is -1.44. The number of nitrogens with one attached hydrogen (secondary N) is 1. The normalized spacial score (nSPS) is 13.3. The molecule has 18 heavy (non-hydrogen) atoms. The van der Waals surface area contributed by atoms with Crippen LogP contribution in [-0.2, 0) is 14.8 Å². The van der Waals surface area contributed by atoms with E-state index in [0.29, 0.717) is 4.47 Å². The number of aryl methyl sites for hydroxylation is 1. The van der Waals surface area contributed by atoms with Gasteiger partial charge in [0.05, 0.1) is 11.5 Å². The molecule has 1 rings (SSSR count). The molecule has 3 N–H and O–H groups in total. The zero-order valence-corrected chi connectivity index (χ0v) is 11.8. The molecule has 0 radical (unpaired) electrons. The molecule has 1 aromatic rings. The van der Waals surface area contributed by atoms with Gasteiger partial charge >= 0.3 is 5.97 Å². The maximum Gasteiger partial charge on any atom is 0.324 e. The maximum absolute atomic E-state index is 11.9. The summed E-state index contributed by atoms with van der Waals surface area (Å²) in [7, 11) is -4.00. The summed E-state index contributed by atoms with van der Waals surface area (Å²) in [5, 5.41) is 17.5. The lowest BCUT2D eigenvalue weighted by Gasteiger charge is -2.13. The van der Waals surface area contributed by atoms with Gasteiger partial charge in [-0.2, -0.15) is 4.72 Å². The average Bonchev–Trinajstić information content (AvgIpc) is 2.24. The number of sulfonamides is 1. The van der Waals surface area contributed by atoms with Gasteiger partial charge in [-0.15, -0.1) is 0 Å². The maximum atomic E-state index is 11.9. The van der Waals surface area contributed by atoms with Crippen molar-refractivity contribution in [1.82, 2.24) is 4.72 Å². The van der Waals surface area contributed by atoms with Crippen molar-refractivity contribution in [3.63, 3.8) is 0 Å². The quantitative estimate of drug-likeness (QED) is 0.725. The smallest absolute Gasteiger partial charge is 0.324 e. The molecule has 0 saturated heterocycles. The summed E-state index contributed by atoms with van der Waals surface area (Å²) in [6, 6.07) is 2.98. The highest BCUT2D eigenvalue weighted by Gasteiger charge is 2.26. The highest BCUT2D eigenvalue weighted by molar-refractivity contribution is 9.10. The van der Waals surface area contributed by atoms with Crippen LogP contribution in [0.15, 0.2) is 27.6 Å². The van der Waals surface area contributed by atoms with E-state index in [1.807, 2.05) is 4.72 Å². The van der Waals surface area contributed by atoms with Crippen molar-refractivity contribution in [2.45, 2.75) is 17.9 Å². The molecule has 0 aliphatic carbocycles. The Labute approximate surface area is 113 Å². The molecule has 0 aromatic heterocycles.